The minimum atomic E-state index is -0.488. The van der Waals surface area contributed by atoms with Crippen LogP contribution in [0.4, 0.5) is 0 Å². The molecule has 1 aromatic rings. The molecule has 0 aromatic heterocycles. The Bertz CT molecular complexity index is 419. The maximum absolute atomic E-state index is 9.86. The molecule has 0 saturated carbocycles. The third-order valence-electron chi connectivity index (χ3n) is 3.25. The predicted molar refractivity (Wildman–Crippen MR) is 73.6 cm³/mol. The van der Waals surface area contributed by atoms with Crippen LogP contribution in [0.1, 0.15) is 13.3 Å². The molecule has 0 radical (unpaired) electrons. The lowest BCUT2D eigenvalue weighted by Gasteiger charge is -2.46. The largest absolute Gasteiger partial charge is 0.491 e. The number of hydrogen-bond donors (Lipinski definition) is 1. The van der Waals surface area contributed by atoms with Gasteiger partial charge in [-0.1, -0.05) is 30.1 Å². The van der Waals surface area contributed by atoms with E-state index in [4.69, 9.17) is 27.9 Å². The number of ether oxygens (including phenoxy) is 1. The van der Waals surface area contributed by atoms with Crippen LogP contribution in [0, 0.1) is 0 Å². The Balaban J connectivity index is 1.73. The molecule has 1 fully saturated rings. The molecule has 0 bridgehead atoms. The van der Waals surface area contributed by atoms with Gasteiger partial charge in [0.05, 0.1) is 10.6 Å². The number of aliphatic hydroxyl groups is 1. The van der Waals surface area contributed by atoms with E-state index < -0.39 is 5.60 Å². The number of rotatable bonds is 5. The van der Waals surface area contributed by atoms with Crippen molar-refractivity contribution in [1.29, 1.82) is 0 Å². The molecule has 0 amide bonds. The van der Waals surface area contributed by atoms with E-state index >= 15 is 0 Å². The molecule has 1 saturated heterocycles. The van der Waals surface area contributed by atoms with E-state index in [0.717, 1.165) is 26.1 Å². The van der Waals surface area contributed by atoms with Crippen molar-refractivity contribution in [3.05, 3.63) is 28.2 Å². The summed E-state index contributed by atoms with van der Waals surface area (Å²) in [6, 6.07) is 5.18. The fourth-order valence-corrected chi connectivity index (χ4v) is 2.51. The minimum absolute atomic E-state index is 0.488. The summed E-state index contributed by atoms with van der Waals surface area (Å²) in [6.07, 6.45) is 0.799. The zero-order chi connectivity index (χ0) is 13.2. The second-order valence-electron chi connectivity index (χ2n) is 4.71. The van der Waals surface area contributed by atoms with Gasteiger partial charge < -0.3 is 9.84 Å². The van der Waals surface area contributed by atoms with Crippen LogP contribution in [0.2, 0.25) is 10.0 Å². The number of hydrogen-bond acceptors (Lipinski definition) is 3. The summed E-state index contributed by atoms with van der Waals surface area (Å²) in [5.41, 5.74) is -0.488. The van der Waals surface area contributed by atoms with Crippen molar-refractivity contribution in [1.82, 2.24) is 4.90 Å². The zero-order valence-electron chi connectivity index (χ0n) is 10.3. The summed E-state index contributed by atoms with van der Waals surface area (Å²) < 4.78 is 5.59. The fraction of sp³-hybridized carbons (Fsp3) is 0.538. The number of benzene rings is 1. The highest BCUT2D eigenvalue weighted by molar-refractivity contribution is 6.35. The summed E-state index contributed by atoms with van der Waals surface area (Å²) in [4.78, 5) is 2.16. The van der Waals surface area contributed by atoms with Crippen molar-refractivity contribution in [3.63, 3.8) is 0 Å². The van der Waals surface area contributed by atoms with Crippen LogP contribution >= 0.6 is 23.2 Å². The predicted octanol–water partition coefficient (Wildman–Crippen LogP) is 2.83. The summed E-state index contributed by atoms with van der Waals surface area (Å²) >= 11 is 11.8. The van der Waals surface area contributed by atoms with E-state index in [2.05, 4.69) is 4.90 Å². The number of β-amino-alcohol motifs (C(OH)–C–C–N with tert-alkyl or cyclic N) is 1. The highest BCUT2D eigenvalue weighted by atomic mass is 35.5. The Kier molecular flexibility index (Phi) is 4.38. The number of halogens is 2. The first-order chi connectivity index (χ1) is 8.52. The van der Waals surface area contributed by atoms with Crippen molar-refractivity contribution < 1.29 is 9.84 Å². The van der Waals surface area contributed by atoms with Crippen molar-refractivity contribution >= 4 is 23.2 Å². The molecule has 1 aromatic carbocycles. The molecule has 18 heavy (non-hydrogen) atoms. The Morgan fingerprint density at radius 1 is 1.39 bits per heavy atom. The average Bonchev–Trinajstić information content (AvgIpc) is 2.29. The first-order valence-corrected chi connectivity index (χ1v) is 6.80. The highest BCUT2D eigenvalue weighted by Crippen LogP contribution is 2.28. The molecule has 0 unspecified atom stereocenters. The molecule has 1 aliphatic rings. The number of likely N-dealkylation sites (tertiary alicyclic amines) is 1. The van der Waals surface area contributed by atoms with Crippen molar-refractivity contribution in [2.45, 2.75) is 18.9 Å². The Hall–Kier alpha value is -0.480. The van der Waals surface area contributed by atoms with Crippen LogP contribution in [0.15, 0.2) is 18.2 Å². The normalized spacial score (nSPS) is 18.4. The standard InChI is InChI=1S/C13H17Cl2NO2/c1-2-13(17)8-16(9-13)5-6-18-12-4-3-10(14)7-11(12)15/h3-4,7,17H,2,5-6,8-9H2,1H3. The summed E-state index contributed by atoms with van der Waals surface area (Å²) in [5.74, 6) is 0.646. The second kappa shape index (κ2) is 5.66. The molecule has 0 aliphatic carbocycles. The van der Waals surface area contributed by atoms with Gasteiger partial charge in [0, 0.05) is 24.7 Å². The third kappa shape index (κ3) is 3.29. The SMILES string of the molecule is CCC1(O)CN(CCOc2ccc(Cl)cc2Cl)C1. The molecule has 1 heterocycles. The molecule has 0 spiro atoms. The lowest BCUT2D eigenvalue weighted by atomic mass is 9.91. The zero-order valence-corrected chi connectivity index (χ0v) is 11.8. The van der Waals surface area contributed by atoms with E-state index in [9.17, 15) is 5.11 Å². The van der Waals surface area contributed by atoms with Gasteiger partial charge in [-0.2, -0.15) is 0 Å². The topological polar surface area (TPSA) is 32.7 Å². The smallest absolute Gasteiger partial charge is 0.138 e. The summed E-state index contributed by atoms with van der Waals surface area (Å²) in [6.45, 7) is 4.80. The highest BCUT2D eigenvalue weighted by Gasteiger charge is 2.38. The second-order valence-corrected chi connectivity index (χ2v) is 5.56. The van der Waals surface area contributed by atoms with Gasteiger partial charge in [-0.3, -0.25) is 4.90 Å². The Morgan fingerprint density at radius 3 is 2.72 bits per heavy atom. The van der Waals surface area contributed by atoms with Gasteiger partial charge in [0.15, 0.2) is 0 Å². The summed E-state index contributed by atoms with van der Waals surface area (Å²) in [5, 5.41) is 11.0. The molecule has 100 valence electrons. The van der Waals surface area contributed by atoms with Gasteiger partial charge >= 0.3 is 0 Å². The van der Waals surface area contributed by atoms with Gasteiger partial charge in [0.25, 0.3) is 0 Å². The first kappa shape index (κ1) is 13.9. The lowest BCUT2D eigenvalue weighted by Crippen LogP contribution is -2.61. The summed E-state index contributed by atoms with van der Waals surface area (Å²) in [7, 11) is 0. The van der Waals surface area contributed by atoms with Gasteiger partial charge in [-0.25, -0.2) is 0 Å². The van der Waals surface area contributed by atoms with E-state index in [0.29, 0.717) is 22.4 Å². The van der Waals surface area contributed by atoms with Crippen molar-refractivity contribution in [2.24, 2.45) is 0 Å². The number of nitrogens with zero attached hydrogens (tertiary/aromatic N) is 1. The van der Waals surface area contributed by atoms with Crippen molar-refractivity contribution in [2.75, 3.05) is 26.2 Å². The van der Waals surface area contributed by atoms with Crippen molar-refractivity contribution in [3.8, 4) is 5.75 Å². The van der Waals surface area contributed by atoms with Gasteiger partial charge in [-0.05, 0) is 24.6 Å². The van der Waals surface area contributed by atoms with E-state index in [1.54, 1.807) is 18.2 Å². The minimum Gasteiger partial charge on any atom is -0.491 e. The quantitative estimate of drug-likeness (QED) is 0.905. The molecule has 3 nitrogen and oxygen atoms in total. The maximum atomic E-state index is 9.86. The monoisotopic (exact) mass is 289 g/mol. The molecule has 0 atom stereocenters. The first-order valence-electron chi connectivity index (χ1n) is 6.05. The van der Waals surface area contributed by atoms with E-state index in [-0.39, 0.29) is 0 Å². The lowest BCUT2D eigenvalue weighted by molar-refractivity contribution is -0.102. The average molecular weight is 290 g/mol. The molecular formula is C13H17Cl2NO2. The van der Waals surface area contributed by atoms with Crippen LogP contribution in [-0.2, 0) is 0 Å². The van der Waals surface area contributed by atoms with Crippen LogP contribution < -0.4 is 4.74 Å². The molecule has 2 rings (SSSR count). The van der Waals surface area contributed by atoms with Crippen LogP contribution in [0.3, 0.4) is 0 Å². The molecule has 1 aliphatic heterocycles. The Labute approximate surface area is 117 Å². The fourth-order valence-electron chi connectivity index (χ4n) is 2.04. The van der Waals surface area contributed by atoms with Gasteiger partial charge in [0.1, 0.15) is 12.4 Å². The van der Waals surface area contributed by atoms with Crippen LogP contribution in [0.25, 0.3) is 0 Å². The molecular weight excluding hydrogens is 273 g/mol. The van der Waals surface area contributed by atoms with E-state index in [1.165, 1.54) is 0 Å². The third-order valence-corrected chi connectivity index (χ3v) is 3.78. The maximum Gasteiger partial charge on any atom is 0.138 e. The Morgan fingerprint density at radius 2 is 2.11 bits per heavy atom. The molecule has 5 heteroatoms. The van der Waals surface area contributed by atoms with Crippen LogP contribution in [-0.4, -0.2) is 41.8 Å². The van der Waals surface area contributed by atoms with Gasteiger partial charge in [-0.15, -0.1) is 0 Å². The van der Waals surface area contributed by atoms with Crippen LogP contribution in [0.5, 0.6) is 5.75 Å². The van der Waals surface area contributed by atoms with Gasteiger partial charge in [0.2, 0.25) is 0 Å². The van der Waals surface area contributed by atoms with E-state index in [1.807, 2.05) is 6.92 Å². The molecule has 1 N–H and O–H groups in total.